The van der Waals surface area contributed by atoms with Crippen molar-refractivity contribution in [1.29, 1.82) is 0 Å². The molecule has 0 spiro atoms. The Bertz CT molecular complexity index is 1990. The first kappa shape index (κ1) is 92.0. The summed E-state index contributed by atoms with van der Waals surface area (Å²) >= 11 is 0. The van der Waals surface area contributed by atoms with Crippen LogP contribution in [-0.2, 0) is 33.2 Å². The number of carbonyl (C=O) groups excluding carboxylic acids is 1. The fourth-order valence-electron chi connectivity index (χ4n) is 13.9. The van der Waals surface area contributed by atoms with Crippen LogP contribution in [-0.4, -0.2) is 193 Å². The van der Waals surface area contributed by atoms with E-state index in [4.69, 9.17) is 28.4 Å². The summed E-state index contributed by atoms with van der Waals surface area (Å²) in [5, 5.41) is 121. The molecule has 3 heterocycles. The smallest absolute Gasteiger partial charge is 0.220 e. The highest BCUT2D eigenvalue weighted by Gasteiger charge is 2.54. The quantitative estimate of drug-likeness (QED) is 0.0199. The molecule has 0 bridgehead atoms. The number of aliphatic hydroxyl groups is 11. The molecule has 19 nitrogen and oxygen atoms in total. The number of carbonyl (C=O) groups is 1. The normalized spacial score (nSPS) is 26.7. The zero-order chi connectivity index (χ0) is 72.5. The Morgan fingerprint density at radius 1 is 0.370 bits per heavy atom. The molecule has 19 heteroatoms. The molecule has 12 N–H and O–H groups in total. The summed E-state index contributed by atoms with van der Waals surface area (Å²) in [4.78, 5) is 13.5. The average molecular weight is 1430 g/mol. The molecule has 3 rings (SSSR count). The first-order valence-corrected chi connectivity index (χ1v) is 40.9. The molecule has 3 fully saturated rings. The molecule has 586 valence electrons. The average Bonchev–Trinajstić information content (AvgIpc) is 0.783. The van der Waals surface area contributed by atoms with Gasteiger partial charge in [-0.25, -0.2) is 0 Å². The van der Waals surface area contributed by atoms with E-state index in [0.29, 0.717) is 12.8 Å². The molecule has 3 aliphatic rings. The molecule has 100 heavy (non-hydrogen) atoms. The zero-order valence-electron chi connectivity index (χ0n) is 62.7. The monoisotopic (exact) mass is 1420 g/mol. The molecule has 0 aromatic heterocycles. The van der Waals surface area contributed by atoms with E-state index in [9.17, 15) is 61.0 Å². The topological polar surface area (TPSA) is 307 Å². The van der Waals surface area contributed by atoms with Gasteiger partial charge in [-0.05, 0) is 51.4 Å². The van der Waals surface area contributed by atoms with E-state index >= 15 is 0 Å². The van der Waals surface area contributed by atoms with Crippen LogP contribution >= 0.6 is 0 Å². The Morgan fingerprint density at radius 2 is 0.690 bits per heavy atom. The van der Waals surface area contributed by atoms with Gasteiger partial charge in [-0.2, -0.15) is 0 Å². The van der Waals surface area contributed by atoms with Crippen molar-refractivity contribution in [3.8, 4) is 0 Å². The van der Waals surface area contributed by atoms with Gasteiger partial charge in [0.25, 0.3) is 0 Å². The summed E-state index contributed by atoms with van der Waals surface area (Å²) in [5.74, 6) is -0.236. The second kappa shape index (κ2) is 61.9. The van der Waals surface area contributed by atoms with Gasteiger partial charge in [0, 0.05) is 6.42 Å². The van der Waals surface area contributed by atoms with Crippen molar-refractivity contribution in [3.05, 3.63) is 48.6 Å². The predicted molar refractivity (Wildman–Crippen MR) is 397 cm³/mol. The van der Waals surface area contributed by atoms with Gasteiger partial charge in [-0.3, -0.25) is 4.79 Å². The van der Waals surface area contributed by atoms with E-state index in [-0.39, 0.29) is 18.9 Å². The summed E-state index contributed by atoms with van der Waals surface area (Å²) < 4.78 is 34.5. The number of allylic oxidation sites excluding steroid dienone is 8. The van der Waals surface area contributed by atoms with Gasteiger partial charge in [0.1, 0.15) is 73.2 Å². The van der Waals surface area contributed by atoms with Crippen LogP contribution in [0.3, 0.4) is 0 Å². The Hall–Kier alpha value is -2.25. The second-order valence-corrected chi connectivity index (χ2v) is 29.2. The molecule has 3 aliphatic heterocycles. The Balaban J connectivity index is 1.31. The minimum Gasteiger partial charge on any atom is -0.394 e. The van der Waals surface area contributed by atoms with Crippen molar-refractivity contribution < 1.29 is 89.4 Å². The number of aliphatic hydroxyl groups excluding tert-OH is 11. The third kappa shape index (κ3) is 41.6. The van der Waals surface area contributed by atoms with Gasteiger partial charge in [0.05, 0.1) is 38.6 Å². The SMILES string of the molecule is CC/C=C\C/C=C\C/C=C\C/C=C\CCCCCCCCCCCCCCCCCCCCCCCCCCC(=O)NC(COC1OC(CO)C(OC2OC(CO)C(OC3OC(CO)C(O)C(O)C3O)C(O)C2O)C(O)C1O)C(O)CCCCCCCCCCCCCCCCCCCC. The minimum atomic E-state index is -1.97. The van der Waals surface area contributed by atoms with Crippen LogP contribution in [0.25, 0.3) is 0 Å². The highest BCUT2D eigenvalue weighted by atomic mass is 16.8. The van der Waals surface area contributed by atoms with Crippen LogP contribution in [0.4, 0.5) is 0 Å². The van der Waals surface area contributed by atoms with Crippen LogP contribution < -0.4 is 5.32 Å². The molecule has 0 aromatic carbocycles. The van der Waals surface area contributed by atoms with E-state index in [0.717, 1.165) is 70.6 Å². The van der Waals surface area contributed by atoms with Crippen LogP contribution in [0.1, 0.15) is 328 Å². The third-order valence-corrected chi connectivity index (χ3v) is 20.4. The molecule has 1 amide bonds. The molecular weight excluding hydrogens is 1270 g/mol. The lowest BCUT2D eigenvalue weighted by Gasteiger charge is -2.48. The Labute approximate surface area is 605 Å². The standard InChI is InChI=1S/C81H149NO18/c1-3-5-7-9-11-13-15-17-19-21-23-24-25-26-27-28-29-30-31-32-33-34-35-36-37-38-39-40-41-43-45-47-49-51-53-55-57-59-69(87)82-64(65(86)58-56-54-52-50-48-46-44-42-22-20-18-16-14-12-10-8-6-4-2)63-95-79-75(93)72(90)77(67(61-84)97-79)100-81-76(94)73(91)78(68(62-85)98-81)99-80-74(92)71(89)70(88)66(60-83)96-80/h5,7,11,13,17,19,23-24,64-68,70-81,83-86,88-94H,3-4,6,8-10,12,14-16,18,20-22,25-63H2,1-2H3,(H,82,87)/b7-5-,13-11-,19-17-,24-23-. The number of hydrogen-bond donors (Lipinski definition) is 12. The highest BCUT2D eigenvalue weighted by molar-refractivity contribution is 5.76. The van der Waals surface area contributed by atoms with E-state index < -0.39 is 124 Å². The summed E-state index contributed by atoms with van der Waals surface area (Å²) in [6.45, 7) is 1.73. The fourth-order valence-corrected chi connectivity index (χ4v) is 13.9. The van der Waals surface area contributed by atoms with E-state index in [2.05, 4.69) is 67.8 Å². The van der Waals surface area contributed by atoms with Crippen LogP contribution in [0.2, 0.25) is 0 Å². The summed E-state index contributed by atoms with van der Waals surface area (Å²) in [6, 6.07) is -0.886. The van der Waals surface area contributed by atoms with Crippen molar-refractivity contribution in [3.63, 3.8) is 0 Å². The number of amides is 1. The molecule has 0 aliphatic carbocycles. The van der Waals surface area contributed by atoms with Crippen LogP contribution in [0, 0.1) is 0 Å². The zero-order valence-corrected chi connectivity index (χ0v) is 62.7. The van der Waals surface area contributed by atoms with E-state index in [1.54, 1.807) is 0 Å². The summed E-state index contributed by atoms with van der Waals surface area (Å²) in [7, 11) is 0. The highest BCUT2D eigenvalue weighted by Crippen LogP contribution is 2.33. The van der Waals surface area contributed by atoms with Gasteiger partial charge in [0.15, 0.2) is 18.9 Å². The maximum atomic E-state index is 13.5. The molecule has 0 aromatic rings. The molecule has 3 saturated heterocycles. The first-order chi connectivity index (χ1) is 48.8. The van der Waals surface area contributed by atoms with E-state index in [1.165, 1.54) is 225 Å². The summed E-state index contributed by atoms with van der Waals surface area (Å²) in [6.07, 6.45) is 50.7. The van der Waals surface area contributed by atoms with Crippen molar-refractivity contribution in [2.24, 2.45) is 0 Å². The van der Waals surface area contributed by atoms with Gasteiger partial charge >= 0.3 is 0 Å². The van der Waals surface area contributed by atoms with E-state index in [1.807, 2.05) is 0 Å². The lowest BCUT2D eigenvalue weighted by atomic mass is 9.96. The van der Waals surface area contributed by atoms with Gasteiger partial charge in [-0.1, -0.05) is 319 Å². The number of ether oxygens (including phenoxy) is 6. The number of nitrogens with one attached hydrogen (secondary N) is 1. The Kier molecular flexibility index (Phi) is 56.9. The second-order valence-electron chi connectivity index (χ2n) is 29.2. The molecule has 17 atom stereocenters. The van der Waals surface area contributed by atoms with Gasteiger partial charge < -0.3 is 89.9 Å². The van der Waals surface area contributed by atoms with Crippen molar-refractivity contribution in [1.82, 2.24) is 5.32 Å². The molecule has 17 unspecified atom stereocenters. The molecule has 0 saturated carbocycles. The molecule has 0 radical (unpaired) electrons. The Morgan fingerprint density at radius 3 is 1.08 bits per heavy atom. The lowest BCUT2D eigenvalue weighted by Crippen LogP contribution is -2.66. The predicted octanol–water partition coefficient (Wildman–Crippen LogP) is 13.7. The minimum absolute atomic E-state index is 0.236. The van der Waals surface area contributed by atoms with Crippen molar-refractivity contribution >= 4 is 5.91 Å². The fraction of sp³-hybridized carbons (Fsp3) is 0.889. The number of rotatable bonds is 65. The lowest BCUT2D eigenvalue weighted by molar-refractivity contribution is -0.379. The van der Waals surface area contributed by atoms with Crippen LogP contribution in [0.15, 0.2) is 48.6 Å². The number of hydrogen-bond acceptors (Lipinski definition) is 18. The van der Waals surface area contributed by atoms with Crippen LogP contribution in [0.5, 0.6) is 0 Å². The van der Waals surface area contributed by atoms with Crippen molar-refractivity contribution in [2.75, 3.05) is 26.4 Å². The summed E-state index contributed by atoms with van der Waals surface area (Å²) in [5.41, 5.74) is 0. The molecular formula is C81H149NO18. The third-order valence-electron chi connectivity index (χ3n) is 20.4. The van der Waals surface area contributed by atoms with Crippen molar-refractivity contribution in [2.45, 2.75) is 433 Å². The van der Waals surface area contributed by atoms with Gasteiger partial charge in [0.2, 0.25) is 5.91 Å². The van der Waals surface area contributed by atoms with Gasteiger partial charge in [-0.15, -0.1) is 0 Å². The number of unbranched alkanes of at least 4 members (excludes halogenated alkanes) is 41. The maximum absolute atomic E-state index is 13.5. The largest absolute Gasteiger partial charge is 0.394 e. The first-order valence-electron chi connectivity index (χ1n) is 40.9. The maximum Gasteiger partial charge on any atom is 0.220 e.